The van der Waals surface area contributed by atoms with Crippen LogP contribution in [0.15, 0.2) is 72.9 Å². The number of phosphoric ester groups is 1. The first-order valence-electron chi connectivity index (χ1n) is 22.4. The van der Waals surface area contributed by atoms with Gasteiger partial charge in [-0.1, -0.05) is 157 Å². The normalized spacial score (nSPS) is 14.0. The summed E-state index contributed by atoms with van der Waals surface area (Å²) in [6, 6.07) is 0. The van der Waals surface area contributed by atoms with Gasteiger partial charge in [0.25, 0.3) is 0 Å². The van der Waals surface area contributed by atoms with Crippen molar-refractivity contribution < 1.29 is 37.6 Å². The molecule has 0 bridgehead atoms. The maximum atomic E-state index is 12.6. The standard InChI is InChI=1S/C47H82NO8P/c1-3-5-7-9-11-13-15-17-19-21-22-24-26-28-30-32-34-36-38-40-47(50)56-45(44-55-57(51,52)54-42-41-48)43-53-46(49)39-37-35-33-31-29-27-25-23-20-18-16-14-12-10-8-6-4-2/h11-14,17-20,25,27,31,33,45H,3-10,15-16,21-24,26,28-30,32,34-44,48H2,1-2H3,(H,51,52)/b13-11-,14-12-,19-17-,20-18-,27-25-,33-31-/t45-/m1/s1. The molecule has 10 heteroatoms. The van der Waals surface area contributed by atoms with Crippen LogP contribution in [0.3, 0.4) is 0 Å². The van der Waals surface area contributed by atoms with E-state index in [4.69, 9.17) is 24.3 Å². The third-order valence-electron chi connectivity index (χ3n) is 9.06. The zero-order chi connectivity index (χ0) is 41.8. The third kappa shape index (κ3) is 42.9. The molecule has 57 heavy (non-hydrogen) atoms. The molecular formula is C47H82NO8P. The molecule has 0 heterocycles. The van der Waals surface area contributed by atoms with Crippen LogP contribution in [0.2, 0.25) is 0 Å². The van der Waals surface area contributed by atoms with Crippen molar-refractivity contribution in [3.63, 3.8) is 0 Å². The zero-order valence-electron chi connectivity index (χ0n) is 36.0. The summed E-state index contributed by atoms with van der Waals surface area (Å²) in [6.45, 7) is 3.60. The molecule has 0 aliphatic rings. The fourth-order valence-corrected chi connectivity index (χ4v) is 6.48. The Kier molecular flexibility index (Phi) is 41.1. The maximum absolute atomic E-state index is 12.6. The van der Waals surface area contributed by atoms with Gasteiger partial charge in [-0.25, -0.2) is 4.57 Å². The van der Waals surface area contributed by atoms with Crippen molar-refractivity contribution in [2.75, 3.05) is 26.4 Å². The number of ether oxygens (including phenoxy) is 2. The molecule has 0 fully saturated rings. The summed E-state index contributed by atoms with van der Waals surface area (Å²) in [5.74, 6) is -0.903. The Morgan fingerprint density at radius 3 is 1.40 bits per heavy atom. The average molecular weight is 820 g/mol. The number of allylic oxidation sites excluding steroid dienone is 12. The van der Waals surface area contributed by atoms with Crippen LogP contribution in [0.1, 0.15) is 181 Å². The molecule has 0 radical (unpaired) electrons. The highest BCUT2D eigenvalue weighted by atomic mass is 31.2. The molecule has 0 aromatic heterocycles. The van der Waals surface area contributed by atoms with E-state index in [0.717, 1.165) is 57.8 Å². The number of phosphoric acid groups is 1. The van der Waals surface area contributed by atoms with Gasteiger partial charge in [0.05, 0.1) is 13.2 Å². The second kappa shape index (κ2) is 43.0. The largest absolute Gasteiger partial charge is 0.472 e. The molecule has 9 nitrogen and oxygen atoms in total. The number of carbonyl (C=O) groups is 2. The Bertz CT molecular complexity index is 1160. The van der Waals surface area contributed by atoms with Gasteiger partial charge in [-0.2, -0.15) is 0 Å². The predicted molar refractivity (Wildman–Crippen MR) is 238 cm³/mol. The SMILES string of the molecule is CCCCC/C=C\C/C=C\C/C=C\C/C=C\CCCC(=O)OC[C@H](COP(=O)(O)OCCN)OC(=O)CCCCCCCCCCC/C=C\C/C=C\CCCCC. The lowest BCUT2D eigenvalue weighted by atomic mass is 10.1. The first-order valence-corrected chi connectivity index (χ1v) is 23.9. The van der Waals surface area contributed by atoms with E-state index in [1.54, 1.807) is 0 Å². The van der Waals surface area contributed by atoms with Crippen molar-refractivity contribution >= 4 is 19.8 Å². The van der Waals surface area contributed by atoms with E-state index >= 15 is 0 Å². The van der Waals surface area contributed by atoms with Gasteiger partial charge in [-0.05, 0) is 83.5 Å². The number of nitrogens with two attached hydrogens (primary N) is 1. The van der Waals surface area contributed by atoms with E-state index in [1.165, 1.54) is 83.5 Å². The monoisotopic (exact) mass is 820 g/mol. The molecule has 1 unspecified atom stereocenters. The van der Waals surface area contributed by atoms with Crippen LogP contribution in [-0.2, 0) is 32.7 Å². The lowest BCUT2D eigenvalue weighted by Gasteiger charge is -2.19. The van der Waals surface area contributed by atoms with Crippen molar-refractivity contribution in [3.05, 3.63) is 72.9 Å². The molecule has 328 valence electrons. The highest BCUT2D eigenvalue weighted by molar-refractivity contribution is 7.47. The van der Waals surface area contributed by atoms with Crippen LogP contribution in [0.5, 0.6) is 0 Å². The van der Waals surface area contributed by atoms with E-state index in [2.05, 4.69) is 80.7 Å². The molecule has 0 aromatic carbocycles. The lowest BCUT2D eigenvalue weighted by Crippen LogP contribution is -2.29. The fourth-order valence-electron chi connectivity index (χ4n) is 5.71. The van der Waals surface area contributed by atoms with Crippen LogP contribution in [0.4, 0.5) is 0 Å². The molecule has 0 rings (SSSR count). The molecule has 0 aromatic rings. The topological polar surface area (TPSA) is 134 Å². The summed E-state index contributed by atoms with van der Waals surface area (Å²) in [7, 11) is -4.39. The van der Waals surface area contributed by atoms with Crippen molar-refractivity contribution in [2.45, 2.75) is 187 Å². The van der Waals surface area contributed by atoms with Gasteiger partial charge >= 0.3 is 19.8 Å². The van der Waals surface area contributed by atoms with E-state index < -0.39 is 32.5 Å². The quantitative estimate of drug-likeness (QED) is 0.0267. The van der Waals surface area contributed by atoms with Gasteiger partial charge in [0.15, 0.2) is 6.10 Å². The van der Waals surface area contributed by atoms with E-state index in [9.17, 15) is 19.0 Å². The average Bonchev–Trinajstić information content (AvgIpc) is 3.20. The molecule has 2 atom stereocenters. The van der Waals surface area contributed by atoms with Gasteiger partial charge in [0.2, 0.25) is 0 Å². The highest BCUT2D eigenvalue weighted by Crippen LogP contribution is 2.43. The van der Waals surface area contributed by atoms with Crippen LogP contribution < -0.4 is 5.73 Å². The van der Waals surface area contributed by atoms with Crippen molar-refractivity contribution in [1.82, 2.24) is 0 Å². The Hall–Kier alpha value is -2.55. The third-order valence-corrected chi connectivity index (χ3v) is 10.0. The summed E-state index contributed by atoms with van der Waals surface area (Å²) >= 11 is 0. The second-order valence-corrected chi connectivity index (χ2v) is 16.0. The first kappa shape index (κ1) is 54.5. The van der Waals surface area contributed by atoms with Gasteiger partial charge in [-0.15, -0.1) is 0 Å². The van der Waals surface area contributed by atoms with E-state index in [1.807, 2.05) is 6.08 Å². The Morgan fingerprint density at radius 2 is 0.930 bits per heavy atom. The van der Waals surface area contributed by atoms with Crippen molar-refractivity contribution in [3.8, 4) is 0 Å². The minimum absolute atomic E-state index is 0.0422. The number of carbonyl (C=O) groups excluding carboxylic acids is 2. The minimum Gasteiger partial charge on any atom is -0.462 e. The highest BCUT2D eigenvalue weighted by Gasteiger charge is 2.25. The van der Waals surface area contributed by atoms with Crippen LogP contribution in [0, 0.1) is 0 Å². The number of hydrogen-bond donors (Lipinski definition) is 2. The fraction of sp³-hybridized carbons (Fsp3) is 0.702. The summed E-state index contributed by atoms with van der Waals surface area (Å²) in [4.78, 5) is 34.9. The van der Waals surface area contributed by atoms with Crippen LogP contribution >= 0.6 is 7.82 Å². The summed E-state index contributed by atoms with van der Waals surface area (Å²) in [5.41, 5.74) is 5.35. The predicted octanol–water partition coefficient (Wildman–Crippen LogP) is 13.1. The summed E-state index contributed by atoms with van der Waals surface area (Å²) in [5, 5.41) is 0. The van der Waals surface area contributed by atoms with Gasteiger partial charge in [0.1, 0.15) is 6.61 Å². The smallest absolute Gasteiger partial charge is 0.462 e. The first-order chi connectivity index (χ1) is 27.8. The summed E-state index contributed by atoms with van der Waals surface area (Å²) in [6.07, 6.45) is 52.2. The second-order valence-electron chi connectivity index (χ2n) is 14.6. The summed E-state index contributed by atoms with van der Waals surface area (Å²) < 4.78 is 32.7. The minimum atomic E-state index is -4.39. The van der Waals surface area contributed by atoms with Crippen LogP contribution in [-0.4, -0.2) is 49.3 Å². The molecule has 0 aliphatic heterocycles. The molecule has 0 spiro atoms. The molecule has 0 amide bonds. The molecule has 0 saturated heterocycles. The van der Waals surface area contributed by atoms with E-state index in [0.29, 0.717) is 12.8 Å². The number of unbranched alkanes of at least 4 members (excludes halogenated alkanes) is 16. The Labute approximate surface area is 348 Å². The molecule has 0 aliphatic carbocycles. The van der Waals surface area contributed by atoms with Crippen molar-refractivity contribution in [1.29, 1.82) is 0 Å². The van der Waals surface area contributed by atoms with Gasteiger partial charge in [-0.3, -0.25) is 18.6 Å². The molecular weight excluding hydrogens is 737 g/mol. The van der Waals surface area contributed by atoms with E-state index in [-0.39, 0.29) is 32.6 Å². The Balaban J connectivity index is 4.24. The molecule has 0 saturated carbocycles. The molecule has 3 N–H and O–H groups in total. The van der Waals surface area contributed by atoms with Gasteiger partial charge < -0.3 is 20.1 Å². The number of rotatable bonds is 41. The Morgan fingerprint density at radius 1 is 0.526 bits per heavy atom. The van der Waals surface area contributed by atoms with Gasteiger partial charge in [0, 0.05) is 19.4 Å². The number of hydrogen-bond acceptors (Lipinski definition) is 8. The maximum Gasteiger partial charge on any atom is 0.472 e. The van der Waals surface area contributed by atoms with Crippen LogP contribution in [0.25, 0.3) is 0 Å². The lowest BCUT2D eigenvalue weighted by molar-refractivity contribution is -0.161. The van der Waals surface area contributed by atoms with Crippen molar-refractivity contribution in [2.24, 2.45) is 5.73 Å². The zero-order valence-corrected chi connectivity index (χ0v) is 36.9. The number of esters is 2.